The van der Waals surface area contributed by atoms with Gasteiger partial charge in [0.1, 0.15) is 0 Å². The molecule has 0 bridgehead atoms. The van der Waals surface area contributed by atoms with Crippen LogP contribution in [0.1, 0.15) is 18.1 Å². The van der Waals surface area contributed by atoms with Gasteiger partial charge in [-0.15, -0.1) is 0 Å². The van der Waals surface area contributed by atoms with Crippen LogP contribution in [-0.4, -0.2) is 7.05 Å². The van der Waals surface area contributed by atoms with Gasteiger partial charge in [-0.05, 0) is 35.7 Å². The van der Waals surface area contributed by atoms with Gasteiger partial charge in [-0.1, -0.05) is 53.2 Å². The maximum absolute atomic E-state index is 3.55. The topological polar surface area (TPSA) is 3.24 Å². The number of benzene rings is 2. The number of alkyl halides is 1. The molecule has 0 radical (unpaired) electrons. The van der Waals surface area contributed by atoms with Crippen LogP contribution in [0.25, 0.3) is 0 Å². The Morgan fingerprint density at radius 2 is 1.67 bits per heavy atom. The zero-order chi connectivity index (χ0) is 13.0. The third kappa shape index (κ3) is 2.75. The SMILES string of the molecule is CCc1ccc(N(C)c2ccccc2CBr)cc1. The fourth-order valence-corrected chi connectivity index (χ4v) is 2.52. The number of halogens is 1. The average molecular weight is 304 g/mol. The summed E-state index contributed by atoms with van der Waals surface area (Å²) in [5, 5.41) is 0.876. The highest BCUT2D eigenvalue weighted by Gasteiger charge is 2.07. The van der Waals surface area contributed by atoms with Crippen molar-refractivity contribution in [2.75, 3.05) is 11.9 Å². The minimum Gasteiger partial charge on any atom is -0.344 e. The first kappa shape index (κ1) is 13.2. The Hall–Kier alpha value is -1.28. The molecule has 2 aromatic carbocycles. The number of anilines is 2. The lowest BCUT2D eigenvalue weighted by molar-refractivity contribution is 1.13. The molecule has 0 aliphatic heterocycles. The Balaban J connectivity index is 2.31. The number of hydrogen-bond acceptors (Lipinski definition) is 1. The number of rotatable bonds is 4. The Morgan fingerprint density at radius 3 is 2.28 bits per heavy atom. The monoisotopic (exact) mass is 303 g/mol. The predicted octanol–water partition coefficient (Wildman–Crippen LogP) is 4.91. The molecule has 0 aliphatic carbocycles. The molecule has 94 valence electrons. The highest BCUT2D eigenvalue weighted by molar-refractivity contribution is 9.08. The van der Waals surface area contributed by atoms with E-state index in [1.165, 1.54) is 22.5 Å². The van der Waals surface area contributed by atoms with Gasteiger partial charge in [0.15, 0.2) is 0 Å². The van der Waals surface area contributed by atoms with Crippen LogP contribution in [0, 0.1) is 0 Å². The van der Waals surface area contributed by atoms with Crippen molar-refractivity contribution in [1.82, 2.24) is 0 Å². The standard InChI is InChI=1S/C16H18BrN/c1-3-13-8-10-15(11-9-13)18(2)16-7-5-4-6-14(16)12-17/h4-11H,3,12H2,1-2H3. The second-order valence-corrected chi connectivity index (χ2v) is 4.90. The summed E-state index contributed by atoms with van der Waals surface area (Å²) < 4.78 is 0. The van der Waals surface area contributed by atoms with Gasteiger partial charge in [-0.3, -0.25) is 0 Å². The highest BCUT2D eigenvalue weighted by Crippen LogP contribution is 2.28. The highest BCUT2D eigenvalue weighted by atomic mass is 79.9. The molecule has 0 N–H and O–H groups in total. The van der Waals surface area contributed by atoms with Gasteiger partial charge in [-0.2, -0.15) is 0 Å². The summed E-state index contributed by atoms with van der Waals surface area (Å²) in [5.74, 6) is 0. The fraction of sp³-hybridized carbons (Fsp3) is 0.250. The molecule has 0 saturated heterocycles. The van der Waals surface area contributed by atoms with E-state index < -0.39 is 0 Å². The first-order valence-electron chi connectivity index (χ1n) is 6.22. The molecule has 1 nitrogen and oxygen atoms in total. The van der Waals surface area contributed by atoms with Crippen LogP contribution < -0.4 is 4.90 Å². The molecule has 0 atom stereocenters. The van der Waals surface area contributed by atoms with Crippen LogP contribution in [0.5, 0.6) is 0 Å². The van der Waals surface area contributed by atoms with Crippen molar-refractivity contribution >= 4 is 27.3 Å². The maximum Gasteiger partial charge on any atom is 0.0449 e. The van der Waals surface area contributed by atoms with Gasteiger partial charge in [0.05, 0.1) is 0 Å². The second-order valence-electron chi connectivity index (χ2n) is 4.34. The molecule has 0 saturated carbocycles. The minimum absolute atomic E-state index is 0.876. The molecular weight excluding hydrogens is 286 g/mol. The van der Waals surface area contributed by atoms with Crippen LogP contribution in [0.2, 0.25) is 0 Å². The van der Waals surface area contributed by atoms with Gasteiger partial charge in [-0.25, -0.2) is 0 Å². The molecule has 0 spiro atoms. The number of nitrogens with zero attached hydrogens (tertiary/aromatic N) is 1. The van der Waals surface area contributed by atoms with E-state index >= 15 is 0 Å². The molecular formula is C16H18BrN. The maximum atomic E-state index is 3.55. The Bertz CT molecular complexity index is 505. The van der Waals surface area contributed by atoms with Crippen molar-refractivity contribution in [3.63, 3.8) is 0 Å². The van der Waals surface area contributed by atoms with Gasteiger partial charge in [0, 0.05) is 23.8 Å². The van der Waals surface area contributed by atoms with E-state index in [1.54, 1.807) is 0 Å². The lowest BCUT2D eigenvalue weighted by atomic mass is 10.1. The summed E-state index contributed by atoms with van der Waals surface area (Å²) >= 11 is 3.55. The van der Waals surface area contributed by atoms with Crippen molar-refractivity contribution in [3.8, 4) is 0 Å². The summed E-state index contributed by atoms with van der Waals surface area (Å²) in [6.07, 6.45) is 1.09. The number of hydrogen-bond donors (Lipinski definition) is 0. The summed E-state index contributed by atoms with van der Waals surface area (Å²) in [7, 11) is 2.11. The van der Waals surface area contributed by atoms with Crippen molar-refractivity contribution in [3.05, 3.63) is 59.7 Å². The zero-order valence-corrected chi connectivity index (χ0v) is 12.4. The Kier molecular flexibility index (Phi) is 4.43. The molecule has 2 aromatic rings. The van der Waals surface area contributed by atoms with E-state index in [4.69, 9.17) is 0 Å². The van der Waals surface area contributed by atoms with E-state index in [2.05, 4.69) is 83.3 Å². The van der Waals surface area contributed by atoms with E-state index in [-0.39, 0.29) is 0 Å². The van der Waals surface area contributed by atoms with E-state index in [0.717, 1.165) is 11.8 Å². The quantitative estimate of drug-likeness (QED) is 0.725. The van der Waals surface area contributed by atoms with Gasteiger partial charge in [0.25, 0.3) is 0 Å². The lowest BCUT2D eigenvalue weighted by Gasteiger charge is -2.22. The smallest absolute Gasteiger partial charge is 0.0449 e. The van der Waals surface area contributed by atoms with Crippen molar-refractivity contribution in [1.29, 1.82) is 0 Å². The van der Waals surface area contributed by atoms with Crippen LogP contribution in [0.4, 0.5) is 11.4 Å². The summed E-state index contributed by atoms with van der Waals surface area (Å²) in [6, 6.07) is 17.2. The van der Waals surface area contributed by atoms with Gasteiger partial charge >= 0.3 is 0 Å². The number of para-hydroxylation sites is 1. The molecule has 18 heavy (non-hydrogen) atoms. The van der Waals surface area contributed by atoms with Crippen LogP contribution in [-0.2, 0) is 11.8 Å². The molecule has 0 unspecified atom stereocenters. The third-order valence-corrected chi connectivity index (χ3v) is 3.83. The summed E-state index contributed by atoms with van der Waals surface area (Å²) in [6.45, 7) is 2.18. The summed E-state index contributed by atoms with van der Waals surface area (Å²) in [4.78, 5) is 2.23. The average Bonchev–Trinajstić information content (AvgIpc) is 2.46. The Morgan fingerprint density at radius 1 is 1.00 bits per heavy atom. The van der Waals surface area contributed by atoms with Crippen molar-refractivity contribution < 1.29 is 0 Å². The molecule has 0 aliphatic rings. The molecule has 0 aromatic heterocycles. The fourth-order valence-electron chi connectivity index (χ4n) is 2.05. The molecule has 0 fully saturated rings. The lowest BCUT2D eigenvalue weighted by Crippen LogP contribution is -2.11. The third-order valence-electron chi connectivity index (χ3n) is 3.23. The largest absolute Gasteiger partial charge is 0.344 e. The van der Waals surface area contributed by atoms with Gasteiger partial charge < -0.3 is 4.90 Å². The van der Waals surface area contributed by atoms with E-state index in [0.29, 0.717) is 0 Å². The van der Waals surface area contributed by atoms with Crippen molar-refractivity contribution in [2.45, 2.75) is 18.7 Å². The normalized spacial score (nSPS) is 10.4. The van der Waals surface area contributed by atoms with Gasteiger partial charge in [0.2, 0.25) is 0 Å². The summed E-state index contributed by atoms with van der Waals surface area (Å²) in [5.41, 5.74) is 5.15. The van der Waals surface area contributed by atoms with Crippen LogP contribution >= 0.6 is 15.9 Å². The molecule has 2 heteroatoms. The van der Waals surface area contributed by atoms with E-state index in [1.807, 2.05) is 0 Å². The van der Waals surface area contributed by atoms with Crippen LogP contribution in [0.3, 0.4) is 0 Å². The first-order valence-corrected chi connectivity index (χ1v) is 7.35. The number of aryl methyl sites for hydroxylation is 1. The second kappa shape index (κ2) is 6.05. The van der Waals surface area contributed by atoms with E-state index in [9.17, 15) is 0 Å². The molecule has 2 rings (SSSR count). The zero-order valence-electron chi connectivity index (χ0n) is 10.9. The first-order chi connectivity index (χ1) is 8.76. The Labute approximate surface area is 118 Å². The minimum atomic E-state index is 0.876. The molecule has 0 amide bonds. The molecule has 0 heterocycles. The van der Waals surface area contributed by atoms with Crippen molar-refractivity contribution in [2.24, 2.45) is 0 Å². The van der Waals surface area contributed by atoms with Crippen LogP contribution in [0.15, 0.2) is 48.5 Å². The predicted molar refractivity (Wildman–Crippen MR) is 83.0 cm³/mol.